The van der Waals surface area contributed by atoms with E-state index in [0.717, 1.165) is 11.6 Å². The Balaban J connectivity index is 1.98. The second-order valence-corrected chi connectivity index (χ2v) is 5.20. The predicted octanol–water partition coefficient (Wildman–Crippen LogP) is 2.98. The van der Waals surface area contributed by atoms with Gasteiger partial charge in [-0.15, -0.1) is 0 Å². The van der Waals surface area contributed by atoms with Crippen molar-refractivity contribution in [2.24, 2.45) is 0 Å². The van der Waals surface area contributed by atoms with Gasteiger partial charge in [0.15, 0.2) is 0 Å². The summed E-state index contributed by atoms with van der Waals surface area (Å²) in [4.78, 5) is 13.6. The number of nitrogens with one attached hydrogen (secondary N) is 1. The maximum absolute atomic E-state index is 14.1. The van der Waals surface area contributed by atoms with Crippen molar-refractivity contribution in [2.45, 2.75) is 13.5 Å². The van der Waals surface area contributed by atoms with Crippen LogP contribution in [0.25, 0.3) is 0 Å². The smallest absolute Gasteiger partial charge is 0.239 e. The summed E-state index contributed by atoms with van der Waals surface area (Å²) in [5.41, 5.74) is 1.28. The van der Waals surface area contributed by atoms with Gasteiger partial charge in [-0.05, 0) is 42.8 Å². The second kappa shape index (κ2) is 8.06. The molecule has 0 bridgehead atoms. The highest BCUT2D eigenvalue weighted by Gasteiger charge is 2.14. The fraction of sp³-hybridized carbons (Fsp3) is 0.222. The maximum atomic E-state index is 14.1. The minimum atomic E-state index is -0.540. The molecule has 0 aliphatic carbocycles. The number of hydrogen-bond donors (Lipinski definition) is 1. The van der Waals surface area contributed by atoms with Crippen molar-refractivity contribution in [1.29, 1.82) is 5.26 Å². The Kier molecular flexibility index (Phi) is 5.85. The van der Waals surface area contributed by atoms with Crippen LogP contribution in [0, 0.1) is 23.0 Å². The zero-order chi connectivity index (χ0) is 17.5. The Morgan fingerprint density at radius 3 is 2.50 bits per heavy atom. The molecule has 1 amide bonds. The molecule has 0 atom stereocenters. The molecule has 1 N–H and O–H groups in total. The standard InChI is InChI=1S/C18H17F2N3O/c1-2-23(17-8-5-14(10-21)9-16(17)20)12-18(24)22-11-13-3-6-15(19)7-4-13/h3-9H,2,11-12H2,1H3,(H,22,24). The average Bonchev–Trinajstić information content (AvgIpc) is 2.59. The van der Waals surface area contributed by atoms with Gasteiger partial charge in [-0.25, -0.2) is 8.78 Å². The number of amides is 1. The van der Waals surface area contributed by atoms with Crippen molar-refractivity contribution >= 4 is 11.6 Å². The topological polar surface area (TPSA) is 56.1 Å². The number of halogens is 2. The van der Waals surface area contributed by atoms with E-state index < -0.39 is 5.82 Å². The fourth-order valence-corrected chi connectivity index (χ4v) is 2.23. The summed E-state index contributed by atoms with van der Waals surface area (Å²) in [6.45, 7) is 2.50. The van der Waals surface area contributed by atoms with Crippen LogP contribution in [0.2, 0.25) is 0 Å². The van der Waals surface area contributed by atoms with Gasteiger partial charge in [0.25, 0.3) is 0 Å². The van der Waals surface area contributed by atoms with Crippen LogP contribution in [0.1, 0.15) is 18.1 Å². The highest BCUT2D eigenvalue weighted by atomic mass is 19.1. The van der Waals surface area contributed by atoms with Crippen molar-refractivity contribution in [3.05, 3.63) is 65.2 Å². The highest BCUT2D eigenvalue weighted by Crippen LogP contribution is 2.20. The number of rotatable bonds is 6. The number of likely N-dealkylation sites (N-methyl/N-ethyl adjacent to an activating group) is 1. The molecule has 0 saturated carbocycles. The molecule has 0 saturated heterocycles. The molecule has 0 unspecified atom stereocenters. The molecule has 2 aromatic rings. The van der Waals surface area contributed by atoms with E-state index >= 15 is 0 Å². The van der Waals surface area contributed by atoms with Gasteiger partial charge >= 0.3 is 0 Å². The van der Waals surface area contributed by atoms with E-state index in [-0.39, 0.29) is 36.1 Å². The lowest BCUT2D eigenvalue weighted by atomic mass is 10.2. The SMILES string of the molecule is CCN(CC(=O)NCc1ccc(F)cc1)c1ccc(C#N)cc1F. The van der Waals surface area contributed by atoms with E-state index in [9.17, 15) is 13.6 Å². The number of carbonyl (C=O) groups excluding carboxylic acids is 1. The highest BCUT2D eigenvalue weighted by molar-refractivity contribution is 5.81. The van der Waals surface area contributed by atoms with Gasteiger partial charge in [-0.3, -0.25) is 4.79 Å². The van der Waals surface area contributed by atoms with E-state index in [4.69, 9.17) is 5.26 Å². The quantitative estimate of drug-likeness (QED) is 0.886. The Labute approximate surface area is 139 Å². The molecule has 124 valence electrons. The maximum Gasteiger partial charge on any atom is 0.239 e. The molecular weight excluding hydrogens is 312 g/mol. The van der Waals surface area contributed by atoms with E-state index in [1.807, 2.05) is 13.0 Å². The van der Waals surface area contributed by atoms with Crippen LogP contribution in [0.5, 0.6) is 0 Å². The van der Waals surface area contributed by atoms with Gasteiger partial charge < -0.3 is 10.2 Å². The molecule has 0 aromatic heterocycles. The number of anilines is 1. The Hall–Kier alpha value is -2.94. The molecule has 0 fully saturated rings. The van der Waals surface area contributed by atoms with E-state index in [1.54, 1.807) is 17.0 Å². The van der Waals surface area contributed by atoms with E-state index in [1.165, 1.54) is 24.3 Å². The lowest BCUT2D eigenvalue weighted by Gasteiger charge is -2.23. The van der Waals surface area contributed by atoms with Crippen molar-refractivity contribution in [2.75, 3.05) is 18.0 Å². The summed E-state index contributed by atoms with van der Waals surface area (Å²) in [7, 11) is 0. The largest absolute Gasteiger partial charge is 0.360 e. The number of nitrogens with zero attached hydrogens (tertiary/aromatic N) is 2. The Morgan fingerprint density at radius 1 is 1.21 bits per heavy atom. The Bertz CT molecular complexity index is 754. The van der Waals surface area contributed by atoms with Crippen molar-refractivity contribution < 1.29 is 13.6 Å². The van der Waals surface area contributed by atoms with Crippen LogP contribution >= 0.6 is 0 Å². The number of benzene rings is 2. The first-order chi connectivity index (χ1) is 11.5. The predicted molar refractivity (Wildman–Crippen MR) is 87.2 cm³/mol. The van der Waals surface area contributed by atoms with Gasteiger partial charge in [0, 0.05) is 13.1 Å². The minimum Gasteiger partial charge on any atom is -0.360 e. The van der Waals surface area contributed by atoms with Crippen LogP contribution in [0.15, 0.2) is 42.5 Å². The molecule has 0 aliphatic heterocycles. The summed E-state index contributed by atoms with van der Waals surface area (Å²) in [6.07, 6.45) is 0. The van der Waals surface area contributed by atoms with Gasteiger partial charge in [0.05, 0.1) is 23.9 Å². The first kappa shape index (κ1) is 17.4. The molecule has 0 spiro atoms. The first-order valence-electron chi connectivity index (χ1n) is 7.49. The van der Waals surface area contributed by atoms with Crippen LogP contribution in [0.3, 0.4) is 0 Å². The van der Waals surface area contributed by atoms with Gasteiger partial charge in [-0.2, -0.15) is 5.26 Å². The summed E-state index contributed by atoms with van der Waals surface area (Å²) in [5, 5.41) is 11.5. The van der Waals surface area contributed by atoms with Crippen LogP contribution < -0.4 is 10.2 Å². The van der Waals surface area contributed by atoms with Gasteiger partial charge in [-0.1, -0.05) is 12.1 Å². The number of hydrogen-bond acceptors (Lipinski definition) is 3. The fourth-order valence-electron chi connectivity index (χ4n) is 2.23. The summed E-state index contributed by atoms with van der Waals surface area (Å²) in [6, 6.07) is 11.9. The zero-order valence-corrected chi connectivity index (χ0v) is 13.2. The third-order valence-electron chi connectivity index (χ3n) is 3.54. The van der Waals surface area contributed by atoms with Crippen LogP contribution in [-0.2, 0) is 11.3 Å². The lowest BCUT2D eigenvalue weighted by molar-refractivity contribution is -0.119. The molecule has 0 heterocycles. The molecule has 0 radical (unpaired) electrons. The summed E-state index contributed by atoms with van der Waals surface area (Å²) >= 11 is 0. The minimum absolute atomic E-state index is 0.0134. The normalized spacial score (nSPS) is 10.1. The third kappa shape index (κ3) is 4.53. The molecule has 2 rings (SSSR count). The average molecular weight is 329 g/mol. The van der Waals surface area contributed by atoms with Crippen LogP contribution in [-0.4, -0.2) is 19.0 Å². The van der Waals surface area contributed by atoms with Gasteiger partial charge in [0.2, 0.25) is 5.91 Å². The molecule has 0 aliphatic rings. The second-order valence-electron chi connectivity index (χ2n) is 5.20. The first-order valence-corrected chi connectivity index (χ1v) is 7.49. The number of nitriles is 1. The third-order valence-corrected chi connectivity index (χ3v) is 3.54. The molecule has 2 aromatic carbocycles. The summed E-state index contributed by atoms with van der Waals surface area (Å²) in [5.74, 6) is -1.15. The van der Waals surface area contributed by atoms with Crippen molar-refractivity contribution in [3.8, 4) is 6.07 Å². The Morgan fingerprint density at radius 2 is 1.92 bits per heavy atom. The van der Waals surface area contributed by atoms with Crippen molar-refractivity contribution in [1.82, 2.24) is 5.32 Å². The molecule has 24 heavy (non-hydrogen) atoms. The summed E-state index contributed by atoms with van der Waals surface area (Å²) < 4.78 is 26.9. The van der Waals surface area contributed by atoms with E-state index in [0.29, 0.717) is 6.54 Å². The molecular formula is C18H17F2N3O. The number of carbonyl (C=O) groups is 1. The lowest BCUT2D eigenvalue weighted by Crippen LogP contribution is -2.37. The van der Waals surface area contributed by atoms with Gasteiger partial charge in [0.1, 0.15) is 11.6 Å². The van der Waals surface area contributed by atoms with Crippen LogP contribution in [0.4, 0.5) is 14.5 Å². The molecule has 4 nitrogen and oxygen atoms in total. The zero-order valence-electron chi connectivity index (χ0n) is 13.2. The van der Waals surface area contributed by atoms with E-state index in [2.05, 4.69) is 5.32 Å². The molecule has 6 heteroatoms. The monoisotopic (exact) mass is 329 g/mol. The van der Waals surface area contributed by atoms with Crippen molar-refractivity contribution in [3.63, 3.8) is 0 Å².